The minimum absolute atomic E-state index is 0.244. The van der Waals surface area contributed by atoms with Crippen molar-refractivity contribution < 1.29 is 4.39 Å². The molecule has 0 spiro atoms. The molecule has 21 heavy (non-hydrogen) atoms. The lowest BCUT2D eigenvalue weighted by Gasteiger charge is -2.11. The van der Waals surface area contributed by atoms with E-state index in [4.69, 9.17) is 12.2 Å². The molecule has 110 valence electrons. The summed E-state index contributed by atoms with van der Waals surface area (Å²) in [7, 11) is 0. The number of nitrogens with one attached hydrogen (secondary N) is 2. The normalized spacial score (nSPS) is 10.2. The maximum Gasteiger partial charge on any atom is 0.175 e. The summed E-state index contributed by atoms with van der Waals surface area (Å²) < 4.78 is 13.5. The first-order valence-corrected chi connectivity index (χ1v) is 7.42. The Hall–Kier alpha value is -1.94. The second-order valence-corrected chi connectivity index (χ2v) is 5.40. The number of halogens is 1. The van der Waals surface area contributed by atoms with Crippen molar-refractivity contribution in [2.75, 3.05) is 10.6 Å². The van der Waals surface area contributed by atoms with Gasteiger partial charge >= 0.3 is 0 Å². The lowest BCUT2D eigenvalue weighted by molar-refractivity contribution is 0.619. The molecule has 0 amide bonds. The van der Waals surface area contributed by atoms with Gasteiger partial charge in [0.25, 0.3) is 0 Å². The molecule has 4 heteroatoms. The zero-order valence-corrected chi connectivity index (χ0v) is 13.1. The molecule has 0 aliphatic heterocycles. The molecule has 2 nitrogen and oxygen atoms in total. The SMILES string of the molecule is CCCc1ccc(NC(=S)Nc2ccc(C)c(F)c2)cc1. The van der Waals surface area contributed by atoms with Gasteiger partial charge in [-0.25, -0.2) is 4.39 Å². The maximum absolute atomic E-state index is 13.5. The molecule has 0 unspecified atom stereocenters. The highest BCUT2D eigenvalue weighted by atomic mass is 32.1. The van der Waals surface area contributed by atoms with E-state index in [1.54, 1.807) is 19.1 Å². The quantitative estimate of drug-likeness (QED) is 0.786. The number of thiocarbonyl (C=S) groups is 1. The fourth-order valence-electron chi connectivity index (χ4n) is 2.01. The highest BCUT2D eigenvalue weighted by molar-refractivity contribution is 7.80. The van der Waals surface area contributed by atoms with E-state index in [-0.39, 0.29) is 5.82 Å². The summed E-state index contributed by atoms with van der Waals surface area (Å²) in [4.78, 5) is 0. The third-order valence-corrected chi connectivity index (χ3v) is 3.38. The van der Waals surface area contributed by atoms with Crippen LogP contribution in [-0.2, 0) is 6.42 Å². The van der Waals surface area contributed by atoms with Gasteiger partial charge in [0.15, 0.2) is 5.11 Å². The molecule has 2 rings (SSSR count). The maximum atomic E-state index is 13.5. The third kappa shape index (κ3) is 4.53. The van der Waals surface area contributed by atoms with Crippen LogP contribution >= 0.6 is 12.2 Å². The summed E-state index contributed by atoms with van der Waals surface area (Å²) in [5.41, 5.74) is 3.48. The number of rotatable bonds is 4. The Morgan fingerprint density at radius 3 is 2.29 bits per heavy atom. The average Bonchev–Trinajstić information content (AvgIpc) is 2.45. The molecule has 2 aromatic carbocycles. The second-order valence-electron chi connectivity index (χ2n) is 4.99. The lowest BCUT2D eigenvalue weighted by Crippen LogP contribution is -2.19. The summed E-state index contributed by atoms with van der Waals surface area (Å²) >= 11 is 5.23. The van der Waals surface area contributed by atoms with Crippen molar-refractivity contribution in [1.29, 1.82) is 0 Å². The topological polar surface area (TPSA) is 24.1 Å². The van der Waals surface area contributed by atoms with Gasteiger partial charge in [0, 0.05) is 11.4 Å². The van der Waals surface area contributed by atoms with E-state index in [9.17, 15) is 4.39 Å². The molecule has 0 bridgehead atoms. The van der Waals surface area contributed by atoms with Crippen LogP contribution < -0.4 is 10.6 Å². The van der Waals surface area contributed by atoms with Crippen LogP contribution in [0.15, 0.2) is 42.5 Å². The molecule has 0 saturated carbocycles. The zero-order chi connectivity index (χ0) is 15.2. The van der Waals surface area contributed by atoms with Crippen LogP contribution in [0.25, 0.3) is 0 Å². The number of anilines is 2. The number of hydrogen-bond donors (Lipinski definition) is 2. The summed E-state index contributed by atoms with van der Waals surface area (Å²) in [6.45, 7) is 3.89. The van der Waals surface area contributed by atoms with Gasteiger partial charge in [-0.2, -0.15) is 0 Å². The van der Waals surface area contributed by atoms with Crippen LogP contribution in [0.3, 0.4) is 0 Å². The molecule has 0 atom stereocenters. The summed E-state index contributed by atoms with van der Waals surface area (Å²) in [6.07, 6.45) is 2.21. The van der Waals surface area contributed by atoms with E-state index in [0.29, 0.717) is 16.4 Å². The van der Waals surface area contributed by atoms with Crippen LogP contribution in [0.2, 0.25) is 0 Å². The van der Waals surface area contributed by atoms with Crippen LogP contribution in [0.1, 0.15) is 24.5 Å². The minimum atomic E-state index is -0.244. The van der Waals surface area contributed by atoms with Gasteiger partial charge in [0.1, 0.15) is 5.82 Å². The molecular formula is C17H19FN2S. The zero-order valence-electron chi connectivity index (χ0n) is 12.2. The standard InChI is InChI=1S/C17H19FN2S/c1-3-4-13-6-9-14(10-7-13)19-17(21)20-15-8-5-12(2)16(18)11-15/h5-11H,3-4H2,1-2H3,(H2,19,20,21). The number of benzene rings is 2. The predicted molar refractivity (Wildman–Crippen MR) is 91.4 cm³/mol. The predicted octanol–water partition coefficient (Wildman–Crippen LogP) is 4.90. The van der Waals surface area contributed by atoms with Crippen molar-refractivity contribution in [3.63, 3.8) is 0 Å². The average molecular weight is 302 g/mol. The summed E-state index contributed by atoms with van der Waals surface area (Å²) in [5.74, 6) is -0.244. The molecule has 0 fully saturated rings. The van der Waals surface area contributed by atoms with Gasteiger partial charge in [0.2, 0.25) is 0 Å². The monoisotopic (exact) mass is 302 g/mol. The van der Waals surface area contributed by atoms with Crippen LogP contribution in [-0.4, -0.2) is 5.11 Å². The van der Waals surface area contributed by atoms with E-state index >= 15 is 0 Å². The smallest absolute Gasteiger partial charge is 0.175 e. The Labute approximate surface area is 130 Å². The van der Waals surface area contributed by atoms with Crippen molar-refractivity contribution in [2.24, 2.45) is 0 Å². The van der Waals surface area contributed by atoms with Gasteiger partial charge in [0.05, 0.1) is 0 Å². The number of aryl methyl sites for hydroxylation is 2. The lowest BCUT2D eigenvalue weighted by atomic mass is 10.1. The molecular weight excluding hydrogens is 283 g/mol. The summed E-state index contributed by atoms with van der Waals surface area (Å²) in [5, 5.41) is 6.52. The van der Waals surface area contributed by atoms with E-state index < -0.39 is 0 Å². The molecule has 0 heterocycles. The Bertz CT molecular complexity index is 623. The van der Waals surface area contributed by atoms with Crippen molar-refractivity contribution in [2.45, 2.75) is 26.7 Å². The van der Waals surface area contributed by atoms with E-state index in [1.807, 2.05) is 12.1 Å². The number of hydrogen-bond acceptors (Lipinski definition) is 1. The first-order chi connectivity index (χ1) is 10.1. The minimum Gasteiger partial charge on any atom is -0.332 e. The Morgan fingerprint density at radius 1 is 1.05 bits per heavy atom. The van der Waals surface area contributed by atoms with Gasteiger partial charge < -0.3 is 10.6 Å². The molecule has 0 radical (unpaired) electrons. The molecule has 0 aromatic heterocycles. The fourth-order valence-corrected chi connectivity index (χ4v) is 2.24. The first-order valence-electron chi connectivity index (χ1n) is 7.01. The highest BCUT2D eigenvalue weighted by Gasteiger charge is 2.02. The van der Waals surface area contributed by atoms with E-state index in [2.05, 4.69) is 29.7 Å². The van der Waals surface area contributed by atoms with Crippen LogP contribution in [0.4, 0.5) is 15.8 Å². The second kappa shape index (κ2) is 7.18. The molecule has 0 saturated heterocycles. The Kier molecular flexibility index (Phi) is 5.28. The van der Waals surface area contributed by atoms with Gasteiger partial charge in [-0.05, 0) is 61.0 Å². The van der Waals surface area contributed by atoms with Crippen LogP contribution in [0.5, 0.6) is 0 Å². The van der Waals surface area contributed by atoms with Crippen molar-refractivity contribution in [3.05, 3.63) is 59.4 Å². The van der Waals surface area contributed by atoms with E-state index in [1.165, 1.54) is 11.6 Å². The fraction of sp³-hybridized carbons (Fsp3) is 0.235. The van der Waals surface area contributed by atoms with Crippen molar-refractivity contribution in [3.8, 4) is 0 Å². The van der Waals surface area contributed by atoms with Crippen molar-refractivity contribution in [1.82, 2.24) is 0 Å². The molecule has 0 aliphatic carbocycles. The van der Waals surface area contributed by atoms with Gasteiger partial charge in [-0.3, -0.25) is 0 Å². The molecule has 2 N–H and O–H groups in total. The summed E-state index contributed by atoms with van der Waals surface area (Å²) in [6, 6.07) is 13.1. The Morgan fingerprint density at radius 2 is 1.67 bits per heavy atom. The largest absolute Gasteiger partial charge is 0.332 e. The van der Waals surface area contributed by atoms with Crippen LogP contribution in [0, 0.1) is 12.7 Å². The van der Waals surface area contributed by atoms with E-state index in [0.717, 1.165) is 18.5 Å². The van der Waals surface area contributed by atoms with Gasteiger partial charge in [-0.1, -0.05) is 31.5 Å². The molecule has 2 aromatic rings. The third-order valence-electron chi connectivity index (χ3n) is 3.18. The van der Waals surface area contributed by atoms with Crippen molar-refractivity contribution >= 4 is 28.7 Å². The van der Waals surface area contributed by atoms with Gasteiger partial charge in [-0.15, -0.1) is 0 Å². The first kappa shape index (κ1) is 15.4. The highest BCUT2D eigenvalue weighted by Crippen LogP contribution is 2.15. The Balaban J connectivity index is 1.96. The molecule has 0 aliphatic rings.